The number of aromatic amines is 2. The Hall–Kier alpha value is -6.32. The Balaban J connectivity index is 1.16. The zero-order valence-electron chi connectivity index (χ0n) is 30.5. The predicted octanol–water partition coefficient (Wildman–Crippen LogP) is 2.73. The number of hydrogen-bond donors (Lipinski definition) is 4. The van der Waals surface area contributed by atoms with Crippen LogP contribution in [0.25, 0.3) is 0 Å². The monoisotopic (exact) mass is 740 g/mol. The summed E-state index contributed by atoms with van der Waals surface area (Å²) < 4.78 is 10.9. The number of amides is 4. The van der Waals surface area contributed by atoms with E-state index in [2.05, 4.69) is 30.6 Å². The third-order valence-electron chi connectivity index (χ3n) is 8.85. The highest BCUT2D eigenvalue weighted by Gasteiger charge is 2.34. The lowest BCUT2D eigenvalue weighted by molar-refractivity contribution is -0.149. The predicted molar refractivity (Wildman–Crippen MR) is 194 cm³/mol. The summed E-state index contributed by atoms with van der Waals surface area (Å²) in [6.07, 6.45) is 2.44. The minimum Gasteiger partial charge on any atom is -0.459 e. The topological polar surface area (TPSA) is 209 Å². The molecule has 284 valence electrons. The second-order valence-corrected chi connectivity index (χ2v) is 13.4. The number of ether oxygens (including phenoxy) is 2. The molecule has 4 N–H and O–H groups in total. The van der Waals surface area contributed by atoms with Gasteiger partial charge in [-0.25, -0.2) is 19.6 Å². The first-order valence-electron chi connectivity index (χ1n) is 17.6. The van der Waals surface area contributed by atoms with Gasteiger partial charge < -0.3 is 39.9 Å². The van der Waals surface area contributed by atoms with Crippen molar-refractivity contribution >= 4 is 35.6 Å². The SMILES string of the molecule is CC(C)[C@H](NC(=O)c1nc[nH]c1C(=O)N1CCN(C(=O)c2[nH]cnc2C(=O)N[C@H](C(=O)OCc2ccccc2)C(C)C)CC1)C(=O)OCc1ccccc1. The Morgan fingerprint density at radius 3 is 1.30 bits per heavy atom. The van der Waals surface area contributed by atoms with Gasteiger partial charge in [0.1, 0.15) is 36.7 Å². The van der Waals surface area contributed by atoms with E-state index in [0.717, 1.165) is 11.1 Å². The molecule has 2 aromatic carbocycles. The second kappa shape index (κ2) is 17.9. The fraction of sp³-hybridized carbons (Fsp3) is 0.368. The average molecular weight is 741 g/mol. The third-order valence-corrected chi connectivity index (χ3v) is 8.85. The molecule has 16 heteroatoms. The first-order chi connectivity index (χ1) is 25.9. The Bertz CT molecular complexity index is 1790. The molecule has 0 unspecified atom stereocenters. The summed E-state index contributed by atoms with van der Waals surface area (Å²) in [5.41, 5.74) is 1.09. The van der Waals surface area contributed by atoms with Crippen molar-refractivity contribution in [1.29, 1.82) is 0 Å². The van der Waals surface area contributed by atoms with Gasteiger partial charge >= 0.3 is 11.9 Å². The third kappa shape index (κ3) is 9.56. The van der Waals surface area contributed by atoms with E-state index in [-0.39, 0.29) is 74.0 Å². The van der Waals surface area contributed by atoms with Crippen LogP contribution in [0.2, 0.25) is 0 Å². The van der Waals surface area contributed by atoms with Crippen molar-refractivity contribution in [3.8, 4) is 0 Å². The zero-order valence-corrected chi connectivity index (χ0v) is 30.5. The summed E-state index contributed by atoms with van der Waals surface area (Å²) in [5, 5.41) is 5.31. The molecule has 4 amide bonds. The van der Waals surface area contributed by atoms with Gasteiger partial charge in [0.25, 0.3) is 23.6 Å². The van der Waals surface area contributed by atoms with E-state index >= 15 is 0 Å². The normalized spacial score (nSPS) is 14.0. The molecule has 0 bridgehead atoms. The van der Waals surface area contributed by atoms with E-state index in [4.69, 9.17) is 9.47 Å². The van der Waals surface area contributed by atoms with E-state index in [1.807, 2.05) is 60.7 Å². The molecule has 54 heavy (non-hydrogen) atoms. The van der Waals surface area contributed by atoms with Crippen molar-refractivity contribution in [2.24, 2.45) is 11.8 Å². The summed E-state index contributed by atoms with van der Waals surface area (Å²) in [5.74, 6) is -4.36. The highest BCUT2D eigenvalue weighted by molar-refractivity contribution is 6.07. The molecule has 4 aromatic rings. The molecule has 0 spiro atoms. The number of carbonyl (C=O) groups is 6. The summed E-state index contributed by atoms with van der Waals surface area (Å²) in [6.45, 7) is 7.58. The van der Waals surface area contributed by atoms with Gasteiger partial charge in [-0.05, 0) is 23.0 Å². The van der Waals surface area contributed by atoms with Gasteiger partial charge in [0.05, 0.1) is 12.7 Å². The molecular weight excluding hydrogens is 696 g/mol. The van der Waals surface area contributed by atoms with Gasteiger partial charge in [-0.3, -0.25) is 19.2 Å². The molecule has 1 saturated heterocycles. The van der Waals surface area contributed by atoms with Crippen molar-refractivity contribution in [2.45, 2.75) is 53.0 Å². The largest absolute Gasteiger partial charge is 0.459 e. The number of hydrogen-bond acceptors (Lipinski definition) is 10. The van der Waals surface area contributed by atoms with Crippen LogP contribution in [0.15, 0.2) is 73.3 Å². The molecule has 0 saturated carbocycles. The number of piperazine rings is 1. The molecule has 3 heterocycles. The summed E-state index contributed by atoms with van der Waals surface area (Å²) in [4.78, 5) is 96.1. The van der Waals surface area contributed by atoms with E-state index in [1.54, 1.807) is 27.7 Å². The molecule has 2 aromatic heterocycles. The van der Waals surface area contributed by atoms with Crippen molar-refractivity contribution in [1.82, 2.24) is 40.4 Å². The van der Waals surface area contributed by atoms with Crippen molar-refractivity contribution < 1.29 is 38.2 Å². The fourth-order valence-electron chi connectivity index (χ4n) is 5.74. The highest BCUT2D eigenvalue weighted by Crippen LogP contribution is 2.16. The molecule has 0 aliphatic carbocycles. The summed E-state index contributed by atoms with van der Waals surface area (Å²) in [6, 6.07) is 16.3. The average Bonchev–Trinajstić information content (AvgIpc) is 3.88. The van der Waals surface area contributed by atoms with E-state index < -0.39 is 47.7 Å². The van der Waals surface area contributed by atoms with Gasteiger partial charge in [-0.1, -0.05) is 88.4 Å². The van der Waals surface area contributed by atoms with Crippen molar-refractivity contribution in [3.63, 3.8) is 0 Å². The lowest BCUT2D eigenvalue weighted by Crippen LogP contribution is -2.51. The molecule has 16 nitrogen and oxygen atoms in total. The fourth-order valence-corrected chi connectivity index (χ4v) is 5.74. The van der Waals surface area contributed by atoms with Crippen LogP contribution in [0.1, 0.15) is 80.8 Å². The van der Waals surface area contributed by atoms with E-state index in [9.17, 15) is 28.8 Å². The number of benzene rings is 2. The Kier molecular flexibility index (Phi) is 12.9. The number of nitrogens with one attached hydrogen (secondary N) is 4. The van der Waals surface area contributed by atoms with Crippen LogP contribution in [0.4, 0.5) is 0 Å². The van der Waals surface area contributed by atoms with Gasteiger partial charge in [0.15, 0.2) is 11.4 Å². The number of H-pyrrole nitrogens is 2. The molecule has 0 radical (unpaired) electrons. The smallest absolute Gasteiger partial charge is 0.329 e. The standard InChI is InChI=1S/C38H44N8O8/c1-23(2)27(37(51)53-19-25-11-7-5-8-12-25)43-33(47)29-31(41-21-39-29)35(49)45-15-17-46(18-16-45)36(50)32-30(40-22-42-32)34(48)44-28(24(3)4)38(52)54-20-26-13-9-6-10-14-26/h5-14,21-24,27-28H,15-20H2,1-4H3,(H,39,41)(H,40,42)(H,43,47)(H,44,48)/t27-,28-/m0/s1. The van der Waals surface area contributed by atoms with Crippen LogP contribution in [0.5, 0.6) is 0 Å². The molecule has 1 aliphatic rings. The second-order valence-electron chi connectivity index (χ2n) is 13.4. The van der Waals surface area contributed by atoms with Gasteiger partial charge in [-0.15, -0.1) is 0 Å². The van der Waals surface area contributed by atoms with E-state index in [1.165, 1.54) is 22.5 Å². The van der Waals surface area contributed by atoms with Crippen molar-refractivity contribution in [2.75, 3.05) is 26.2 Å². The number of esters is 2. The van der Waals surface area contributed by atoms with Crippen molar-refractivity contribution in [3.05, 3.63) is 107 Å². The van der Waals surface area contributed by atoms with Crippen LogP contribution in [0, 0.1) is 11.8 Å². The summed E-state index contributed by atoms with van der Waals surface area (Å²) >= 11 is 0. The first-order valence-corrected chi connectivity index (χ1v) is 17.6. The Morgan fingerprint density at radius 2 is 0.963 bits per heavy atom. The molecular formula is C38H44N8O8. The quantitative estimate of drug-likeness (QED) is 0.139. The van der Waals surface area contributed by atoms with Crippen LogP contribution >= 0.6 is 0 Å². The molecule has 1 aliphatic heterocycles. The minimum atomic E-state index is -0.991. The molecule has 1 fully saturated rings. The van der Waals surface area contributed by atoms with Gasteiger partial charge in [0.2, 0.25) is 0 Å². The van der Waals surface area contributed by atoms with Gasteiger partial charge in [0, 0.05) is 26.2 Å². The first kappa shape index (κ1) is 38.9. The maximum atomic E-state index is 13.6. The number of nitrogens with zero attached hydrogens (tertiary/aromatic N) is 4. The Labute approximate surface area is 312 Å². The van der Waals surface area contributed by atoms with E-state index in [0.29, 0.717) is 0 Å². The zero-order chi connectivity index (χ0) is 38.8. The summed E-state index contributed by atoms with van der Waals surface area (Å²) in [7, 11) is 0. The maximum Gasteiger partial charge on any atom is 0.329 e. The number of carbonyl (C=O) groups excluding carboxylic acids is 6. The van der Waals surface area contributed by atoms with Crippen LogP contribution < -0.4 is 10.6 Å². The van der Waals surface area contributed by atoms with Crippen LogP contribution in [-0.4, -0.2) is 104 Å². The number of aromatic nitrogens is 4. The van der Waals surface area contributed by atoms with Gasteiger partial charge in [-0.2, -0.15) is 0 Å². The lowest BCUT2D eigenvalue weighted by atomic mass is 10.0. The molecule has 5 rings (SSSR count). The Morgan fingerprint density at radius 1 is 0.611 bits per heavy atom. The number of imidazole rings is 2. The minimum absolute atomic E-state index is 0.0406. The maximum absolute atomic E-state index is 13.6. The van der Waals surface area contributed by atoms with Crippen LogP contribution in [-0.2, 0) is 32.3 Å². The highest BCUT2D eigenvalue weighted by atomic mass is 16.5. The van der Waals surface area contributed by atoms with Crippen LogP contribution in [0.3, 0.4) is 0 Å². The molecule has 2 atom stereocenters. The number of rotatable bonds is 14. The lowest BCUT2D eigenvalue weighted by Gasteiger charge is -2.34.